The minimum atomic E-state index is -3.15. The standard InChI is InChI=1S/C18H22N2O3S/c1-12-7-9-14(10-8-12)17(19)18(21)20-16-6-4-5-15(13(16)2)11-24(3,22)23/h4-10,17H,11,19H2,1-3H3,(H,20,21). The lowest BCUT2D eigenvalue weighted by Crippen LogP contribution is -2.28. The lowest BCUT2D eigenvalue weighted by Gasteiger charge is -2.16. The molecule has 2 aromatic carbocycles. The smallest absolute Gasteiger partial charge is 0.245 e. The van der Waals surface area contributed by atoms with Crippen LogP contribution in [0, 0.1) is 13.8 Å². The minimum Gasteiger partial charge on any atom is -0.324 e. The number of hydrogen-bond donors (Lipinski definition) is 2. The van der Waals surface area contributed by atoms with Crippen molar-refractivity contribution in [3.05, 3.63) is 64.7 Å². The number of hydrogen-bond acceptors (Lipinski definition) is 4. The highest BCUT2D eigenvalue weighted by Crippen LogP contribution is 2.22. The Balaban J connectivity index is 2.19. The van der Waals surface area contributed by atoms with Crippen LogP contribution in [0.15, 0.2) is 42.5 Å². The molecule has 0 saturated carbocycles. The number of sulfone groups is 1. The van der Waals surface area contributed by atoms with E-state index < -0.39 is 15.9 Å². The molecule has 0 aromatic heterocycles. The lowest BCUT2D eigenvalue weighted by atomic mass is 10.0. The summed E-state index contributed by atoms with van der Waals surface area (Å²) < 4.78 is 23.0. The molecule has 1 atom stereocenters. The van der Waals surface area contributed by atoms with E-state index in [0.29, 0.717) is 11.3 Å². The average molecular weight is 346 g/mol. The zero-order chi connectivity index (χ0) is 17.9. The van der Waals surface area contributed by atoms with Crippen molar-refractivity contribution in [2.75, 3.05) is 11.6 Å². The first kappa shape index (κ1) is 18.2. The van der Waals surface area contributed by atoms with Gasteiger partial charge in [-0.15, -0.1) is 0 Å². The van der Waals surface area contributed by atoms with E-state index in [-0.39, 0.29) is 11.7 Å². The molecular weight excluding hydrogens is 324 g/mol. The summed E-state index contributed by atoms with van der Waals surface area (Å²) in [5.74, 6) is -0.398. The molecule has 0 spiro atoms. The van der Waals surface area contributed by atoms with Crippen molar-refractivity contribution in [1.29, 1.82) is 0 Å². The third kappa shape index (κ3) is 4.66. The molecule has 128 valence electrons. The molecule has 0 aliphatic carbocycles. The molecule has 24 heavy (non-hydrogen) atoms. The molecule has 0 aliphatic rings. The molecule has 0 aliphatic heterocycles. The number of nitrogens with two attached hydrogens (primary N) is 1. The summed E-state index contributed by atoms with van der Waals surface area (Å²) in [7, 11) is -3.15. The van der Waals surface area contributed by atoms with Crippen molar-refractivity contribution >= 4 is 21.4 Å². The highest BCUT2D eigenvalue weighted by Gasteiger charge is 2.17. The Kier molecular flexibility index (Phi) is 5.41. The van der Waals surface area contributed by atoms with E-state index in [9.17, 15) is 13.2 Å². The molecule has 1 unspecified atom stereocenters. The Morgan fingerprint density at radius 2 is 1.75 bits per heavy atom. The molecule has 0 saturated heterocycles. The van der Waals surface area contributed by atoms with Crippen LogP contribution in [0.25, 0.3) is 0 Å². The third-order valence-electron chi connectivity index (χ3n) is 3.84. The Labute approximate surface area is 142 Å². The van der Waals surface area contributed by atoms with Gasteiger partial charge in [-0.2, -0.15) is 0 Å². The first-order valence-corrected chi connectivity index (χ1v) is 9.62. The molecule has 0 fully saturated rings. The van der Waals surface area contributed by atoms with Gasteiger partial charge in [-0.1, -0.05) is 42.0 Å². The van der Waals surface area contributed by atoms with Crippen molar-refractivity contribution in [1.82, 2.24) is 0 Å². The Morgan fingerprint density at radius 3 is 2.33 bits per heavy atom. The maximum absolute atomic E-state index is 12.4. The van der Waals surface area contributed by atoms with Gasteiger partial charge in [-0.25, -0.2) is 8.42 Å². The number of rotatable bonds is 5. The van der Waals surface area contributed by atoms with E-state index in [4.69, 9.17) is 5.73 Å². The predicted octanol–water partition coefficient (Wildman–Crippen LogP) is 2.49. The van der Waals surface area contributed by atoms with E-state index in [1.807, 2.05) is 31.2 Å². The van der Waals surface area contributed by atoms with Crippen LogP contribution in [0.4, 0.5) is 5.69 Å². The van der Waals surface area contributed by atoms with Crippen molar-refractivity contribution in [2.24, 2.45) is 5.73 Å². The summed E-state index contributed by atoms with van der Waals surface area (Å²) in [6.45, 7) is 3.75. The fourth-order valence-corrected chi connectivity index (χ4v) is 3.27. The first-order chi connectivity index (χ1) is 11.2. The first-order valence-electron chi connectivity index (χ1n) is 7.56. The minimum absolute atomic E-state index is 0.0629. The maximum atomic E-state index is 12.4. The predicted molar refractivity (Wildman–Crippen MR) is 96.5 cm³/mol. The van der Waals surface area contributed by atoms with Crippen LogP contribution in [0.5, 0.6) is 0 Å². The number of carbonyl (C=O) groups excluding carboxylic acids is 1. The molecule has 1 amide bonds. The molecule has 0 heterocycles. The van der Waals surface area contributed by atoms with Gasteiger partial charge in [-0.05, 0) is 36.6 Å². The Morgan fingerprint density at radius 1 is 1.12 bits per heavy atom. The number of anilines is 1. The number of nitrogens with one attached hydrogen (secondary N) is 1. The highest BCUT2D eigenvalue weighted by atomic mass is 32.2. The molecule has 2 rings (SSSR count). The van der Waals surface area contributed by atoms with Gasteiger partial charge in [0.15, 0.2) is 9.84 Å². The summed E-state index contributed by atoms with van der Waals surface area (Å²) in [5.41, 5.74) is 9.80. The fraction of sp³-hybridized carbons (Fsp3) is 0.278. The van der Waals surface area contributed by atoms with E-state index in [0.717, 1.165) is 16.7 Å². The van der Waals surface area contributed by atoms with E-state index in [2.05, 4.69) is 5.32 Å². The summed E-state index contributed by atoms with van der Waals surface area (Å²) in [5, 5.41) is 2.79. The summed E-state index contributed by atoms with van der Waals surface area (Å²) in [6, 6.07) is 11.9. The fourth-order valence-electron chi connectivity index (χ4n) is 2.39. The van der Waals surface area contributed by atoms with Gasteiger partial charge >= 0.3 is 0 Å². The maximum Gasteiger partial charge on any atom is 0.245 e. The zero-order valence-corrected chi connectivity index (χ0v) is 14.9. The second-order valence-electron chi connectivity index (χ2n) is 6.04. The largest absolute Gasteiger partial charge is 0.324 e. The number of benzene rings is 2. The Hall–Kier alpha value is -2.18. The van der Waals surface area contributed by atoms with Crippen molar-refractivity contribution in [2.45, 2.75) is 25.6 Å². The van der Waals surface area contributed by atoms with Gasteiger partial charge in [-0.3, -0.25) is 4.79 Å². The van der Waals surface area contributed by atoms with Crippen LogP contribution in [0.3, 0.4) is 0 Å². The summed E-state index contributed by atoms with van der Waals surface area (Å²) in [6.07, 6.45) is 1.19. The molecule has 0 radical (unpaired) electrons. The molecule has 2 aromatic rings. The molecule has 3 N–H and O–H groups in total. The van der Waals surface area contributed by atoms with Crippen LogP contribution in [0.2, 0.25) is 0 Å². The van der Waals surface area contributed by atoms with Crippen molar-refractivity contribution < 1.29 is 13.2 Å². The van der Waals surface area contributed by atoms with E-state index >= 15 is 0 Å². The van der Waals surface area contributed by atoms with E-state index in [1.54, 1.807) is 25.1 Å². The summed E-state index contributed by atoms with van der Waals surface area (Å²) >= 11 is 0. The number of amides is 1. The summed E-state index contributed by atoms with van der Waals surface area (Å²) in [4.78, 5) is 12.4. The molecular formula is C18H22N2O3S. The van der Waals surface area contributed by atoms with Crippen LogP contribution >= 0.6 is 0 Å². The number of carbonyl (C=O) groups is 1. The van der Waals surface area contributed by atoms with Gasteiger partial charge in [0.1, 0.15) is 6.04 Å². The molecule has 0 bridgehead atoms. The Bertz CT molecular complexity index is 843. The van der Waals surface area contributed by atoms with Gasteiger partial charge < -0.3 is 11.1 Å². The monoisotopic (exact) mass is 346 g/mol. The van der Waals surface area contributed by atoms with Crippen LogP contribution < -0.4 is 11.1 Å². The average Bonchev–Trinajstić information content (AvgIpc) is 2.50. The SMILES string of the molecule is Cc1ccc(C(N)C(=O)Nc2cccc(CS(C)(=O)=O)c2C)cc1. The quantitative estimate of drug-likeness (QED) is 0.870. The highest BCUT2D eigenvalue weighted by molar-refractivity contribution is 7.89. The normalized spacial score (nSPS) is 12.7. The molecule has 5 nitrogen and oxygen atoms in total. The van der Waals surface area contributed by atoms with Gasteiger partial charge in [0.05, 0.1) is 5.75 Å². The second kappa shape index (κ2) is 7.15. The van der Waals surface area contributed by atoms with Crippen LogP contribution in [-0.2, 0) is 20.4 Å². The van der Waals surface area contributed by atoms with Crippen molar-refractivity contribution in [3.8, 4) is 0 Å². The lowest BCUT2D eigenvalue weighted by molar-refractivity contribution is -0.117. The van der Waals surface area contributed by atoms with Gasteiger partial charge in [0.25, 0.3) is 0 Å². The van der Waals surface area contributed by atoms with Gasteiger partial charge in [0, 0.05) is 11.9 Å². The molecule has 6 heteroatoms. The van der Waals surface area contributed by atoms with E-state index in [1.165, 1.54) is 6.26 Å². The second-order valence-corrected chi connectivity index (χ2v) is 8.18. The van der Waals surface area contributed by atoms with Crippen LogP contribution in [0.1, 0.15) is 28.3 Å². The zero-order valence-electron chi connectivity index (χ0n) is 14.0. The number of aryl methyl sites for hydroxylation is 1. The van der Waals surface area contributed by atoms with Crippen LogP contribution in [-0.4, -0.2) is 20.6 Å². The third-order valence-corrected chi connectivity index (χ3v) is 4.68. The topological polar surface area (TPSA) is 89.3 Å². The van der Waals surface area contributed by atoms with Gasteiger partial charge in [0.2, 0.25) is 5.91 Å². The van der Waals surface area contributed by atoms with Crippen molar-refractivity contribution in [3.63, 3.8) is 0 Å².